The summed E-state index contributed by atoms with van der Waals surface area (Å²) in [4.78, 5) is 2.36. The summed E-state index contributed by atoms with van der Waals surface area (Å²) in [6.45, 7) is 6.83. The van der Waals surface area contributed by atoms with Crippen molar-refractivity contribution in [2.24, 2.45) is 0 Å². The number of para-hydroxylation sites is 2. The lowest BCUT2D eigenvalue weighted by Gasteiger charge is -2.29. The molecule has 2 nitrogen and oxygen atoms in total. The summed E-state index contributed by atoms with van der Waals surface area (Å²) in [5, 5.41) is 8.71. The molecule has 1 N–H and O–H groups in total. The Kier molecular flexibility index (Phi) is 8.14. The van der Waals surface area contributed by atoms with Crippen LogP contribution in [-0.4, -0.2) is 0 Å². The van der Waals surface area contributed by atoms with Gasteiger partial charge in [0.15, 0.2) is 0 Å². The highest BCUT2D eigenvalue weighted by molar-refractivity contribution is 6.21. The van der Waals surface area contributed by atoms with Crippen LogP contribution in [-0.2, 0) is 5.41 Å². The van der Waals surface area contributed by atoms with Crippen molar-refractivity contribution in [3.63, 3.8) is 0 Å². The van der Waals surface area contributed by atoms with E-state index in [1.165, 1.54) is 49.4 Å². The number of hydrogen-bond donors (Lipinski definition) is 1. The highest BCUT2D eigenvalue weighted by Crippen LogP contribution is 2.45. The van der Waals surface area contributed by atoms with Gasteiger partial charge >= 0.3 is 0 Å². The standard InChI is InChI=1S/C48H40N2/c1-48(2,3)36-31-38(49-37-19-9-5-10-20-37)33-41(32-36)50(39-21-11-6-12-22-39)40-29-27-35(28-30-40)47-44-25-15-13-23-42(44)46(34-17-7-4-8-18-34)43-24-14-16-26-45(43)47/h4-33,49H,1-3H3. The van der Waals surface area contributed by atoms with Gasteiger partial charge in [0, 0.05) is 28.4 Å². The molecule has 0 radical (unpaired) electrons. The van der Waals surface area contributed by atoms with Gasteiger partial charge in [0.1, 0.15) is 0 Å². The number of hydrogen-bond acceptors (Lipinski definition) is 2. The second-order valence-electron chi connectivity index (χ2n) is 13.9. The van der Waals surface area contributed by atoms with Crippen LogP contribution >= 0.6 is 0 Å². The molecule has 0 saturated heterocycles. The number of anilines is 5. The molecule has 0 aromatic heterocycles. The predicted molar refractivity (Wildman–Crippen MR) is 215 cm³/mol. The SMILES string of the molecule is CC(C)(C)c1cc(Nc2ccccc2)cc(N(c2ccccc2)c2ccc(-c3c4ccccc4c(-c4ccccc4)c4ccccc34)cc2)c1. The maximum Gasteiger partial charge on any atom is 0.0485 e. The average molecular weight is 645 g/mol. The smallest absolute Gasteiger partial charge is 0.0485 e. The van der Waals surface area contributed by atoms with Crippen LogP contribution < -0.4 is 10.2 Å². The van der Waals surface area contributed by atoms with Crippen molar-refractivity contribution in [1.29, 1.82) is 0 Å². The van der Waals surface area contributed by atoms with Gasteiger partial charge in [-0.15, -0.1) is 0 Å². The molecule has 8 aromatic rings. The number of fused-ring (bicyclic) bond motifs is 2. The van der Waals surface area contributed by atoms with Crippen molar-refractivity contribution in [3.8, 4) is 22.3 Å². The van der Waals surface area contributed by atoms with Crippen LogP contribution in [0.15, 0.2) is 182 Å². The summed E-state index contributed by atoms with van der Waals surface area (Å²) < 4.78 is 0. The first-order valence-corrected chi connectivity index (χ1v) is 17.4. The Morgan fingerprint density at radius 2 is 0.820 bits per heavy atom. The minimum atomic E-state index is -0.0383. The summed E-state index contributed by atoms with van der Waals surface area (Å²) >= 11 is 0. The number of rotatable bonds is 7. The molecule has 242 valence electrons. The Morgan fingerprint density at radius 1 is 0.380 bits per heavy atom. The van der Waals surface area contributed by atoms with Gasteiger partial charge in [0.2, 0.25) is 0 Å². The van der Waals surface area contributed by atoms with Gasteiger partial charge in [-0.3, -0.25) is 0 Å². The Bertz CT molecular complexity index is 2350. The van der Waals surface area contributed by atoms with E-state index < -0.39 is 0 Å². The van der Waals surface area contributed by atoms with E-state index in [9.17, 15) is 0 Å². The molecule has 0 heterocycles. The van der Waals surface area contributed by atoms with Crippen molar-refractivity contribution in [1.82, 2.24) is 0 Å². The molecule has 0 fully saturated rings. The molecule has 0 aliphatic heterocycles. The molecule has 0 bridgehead atoms. The Hall–Kier alpha value is -6.12. The molecule has 8 aromatic carbocycles. The van der Waals surface area contributed by atoms with Crippen LogP contribution in [0.25, 0.3) is 43.8 Å². The first kappa shape index (κ1) is 31.2. The van der Waals surface area contributed by atoms with Crippen LogP contribution in [0.4, 0.5) is 28.4 Å². The number of benzene rings is 8. The van der Waals surface area contributed by atoms with E-state index in [1.807, 2.05) is 6.07 Å². The predicted octanol–water partition coefficient (Wildman–Crippen LogP) is 13.8. The van der Waals surface area contributed by atoms with E-state index in [-0.39, 0.29) is 5.41 Å². The second kappa shape index (κ2) is 13.1. The molecular weight excluding hydrogens is 605 g/mol. The zero-order chi connectivity index (χ0) is 34.1. The second-order valence-corrected chi connectivity index (χ2v) is 13.9. The lowest BCUT2D eigenvalue weighted by atomic mass is 9.86. The van der Waals surface area contributed by atoms with Gasteiger partial charge in [-0.1, -0.05) is 148 Å². The average Bonchev–Trinajstić information content (AvgIpc) is 3.15. The van der Waals surface area contributed by atoms with Gasteiger partial charge in [0.25, 0.3) is 0 Å². The fraction of sp³-hybridized carbons (Fsp3) is 0.0833. The lowest BCUT2D eigenvalue weighted by Crippen LogP contribution is -2.15. The normalized spacial score (nSPS) is 11.5. The first-order valence-electron chi connectivity index (χ1n) is 17.4. The zero-order valence-corrected chi connectivity index (χ0v) is 28.8. The highest BCUT2D eigenvalue weighted by atomic mass is 15.1. The Balaban J connectivity index is 1.29. The van der Waals surface area contributed by atoms with E-state index in [1.54, 1.807) is 0 Å². The fourth-order valence-corrected chi connectivity index (χ4v) is 7.09. The lowest BCUT2D eigenvalue weighted by molar-refractivity contribution is 0.590. The van der Waals surface area contributed by atoms with Crippen molar-refractivity contribution in [2.45, 2.75) is 26.2 Å². The van der Waals surface area contributed by atoms with Crippen LogP contribution in [0.2, 0.25) is 0 Å². The van der Waals surface area contributed by atoms with Gasteiger partial charge < -0.3 is 10.2 Å². The molecule has 0 atom stereocenters. The maximum atomic E-state index is 3.67. The third-order valence-corrected chi connectivity index (χ3v) is 9.53. The first-order chi connectivity index (χ1) is 24.4. The molecular formula is C48H40N2. The molecule has 0 unspecified atom stereocenters. The molecule has 0 aliphatic carbocycles. The van der Waals surface area contributed by atoms with E-state index in [4.69, 9.17) is 0 Å². The molecule has 50 heavy (non-hydrogen) atoms. The topological polar surface area (TPSA) is 15.3 Å². The molecule has 0 spiro atoms. The summed E-state index contributed by atoms with van der Waals surface area (Å²) in [6, 6.07) is 65.5. The summed E-state index contributed by atoms with van der Waals surface area (Å²) in [5.74, 6) is 0. The third-order valence-electron chi connectivity index (χ3n) is 9.53. The van der Waals surface area contributed by atoms with Crippen molar-refractivity contribution in [2.75, 3.05) is 10.2 Å². The third kappa shape index (κ3) is 6.01. The quantitative estimate of drug-likeness (QED) is 0.174. The van der Waals surface area contributed by atoms with E-state index in [0.29, 0.717) is 0 Å². The highest BCUT2D eigenvalue weighted by Gasteiger charge is 2.21. The summed E-state index contributed by atoms with van der Waals surface area (Å²) in [5.41, 5.74) is 11.7. The van der Waals surface area contributed by atoms with E-state index in [2.05, 4.69) is 207 Å². The fourth-order valence-electron chi connectivity index (χ4n) is 7.09. The van der Waals surface area contributed by atoms with E-state index >= 15 is 0 Å². The van der Waals surface area contributed by atoms with Gasteiger partial charge in [0.05, 0.1) is 0 Å². The molecule has 0 aliphatic rings. The molecule has 2 heteroatoms. The van der Waals surface area contributed by atoms with Crippen LogP contribution in [0.3, 0.4) is 0 Å². The van der Waals surface area contributed by atoms with Crippen LogP contribution in [0.5, 0.6) is 0 Å². The Morgan fingerprint density at radius 3 is 1.34 bits per heavy atom. The summed E-state index contributed by atoms with van der Waals surface area (Å²) in [6.07, 6.45) is 0. The number of nitrogens with zero attached hydrogens (tertiary/aromatic N) is 1. The number of nitrogens with one attached hydrogen (secondary N) is 1. The molecule has 0 saturated carbocycles. The zero-order valence-electron chi connectivity index (χ0n) is 28.8. The van der Waals surface area contributed by atoms with Gasteiger partial charge in [-0.05, 0) is 109 Å². The van der Waals surface area contributed by atoms with Gasteiger partial charge in [-0.2, -0.15) is 0 Å². The van der Waals surface area contributed by atoms with Crippen molar-refractivity contribution in [3.05, 3.63) is 188 Å². The van der Waals surface area contributed by atoms with E-state index in [0.717, 1.165) is 28.4 Å². The Labute approximate surface area is 295 Å². The van der Waals surface area contributed by atoms with Crippen LogP contribution in [0, 0.1) is 0 Å². The molecule has 8 rings (SSSR count). The largest absolute Gasteiger partial charge is 0.355 e. The van der Waals surface area contributed by atoms with Crippen LogP contribution in [0.1, 0.15) is 26.3 Å². The minimum absolute atomic E-state index is 0.0383. The monoisotopic (exact) mass is 644 g/mol. The van der Waals surface area contributed by atoms with Gasteiger partial charge in [-0.25, -0.2) is 0 Å². The van der Waals surface area contributed by atoms with Crippen molar-refractivity contribution >= 4 is 50.0 Å². The maximum absolute atomic E-state index is 3.67. The van der Waals surface area contributed by atoms with Crippen molar-refractivity contribution < 1.29 is 0 Å². The minimum Gasteiger partial charge on any atom is -0.355 e. The molecule has 0 amide bonds. The summed E-state index contributed by atoms with van der Waals surface area (Å²) in [7, 11) is 0.